The van der Waals surface area contributed by atoms with Gasteiger partial charge in [-0.15, -0.1) is 11.3 Å². The van der Waals surface area contributed by atoms with Crippen molar-refractivity contribution in [2.75, 3.05) is 13.1 Å². The molecule has 0 saturated carbocycles. The van der Waals surface area contributed by atoms with Gasteiger partial charge in [-0.25, -0.2) is 4.98 Å². The first kappa shape index (κ1) is 17.4. The summed E-state index contributed by atoms with van der Waals surface area (Å²) in [6, 6.07) is -0.631. The molecule has 0 bridgehead atoms. The molecule has 0 aliphatic rings. The fourth-order valence-electron chi connectivity index (χ4n) is 1.41. The maximum Gasteiger partial charge on any atom is 0.434 e. The van der Waals surface area contributed by atoms with Crippen LogP contribution in [0.25, 0.3) is 0 Å². The Hall–Kier alpha value is -1.68. The Balaban J connectivity index is 2.64. The quantitative estimate of drug-likeness (QED) is 0.721. The number of alkyl halides is 3. The highest BCUT2D eigenvalue weighted by molar-refractivity contribution is 7.09. The molecule has 0 aromatic carbocycles. The van der Waals surface area contributed by atoms with Crippen molar-refractivity contribution in [2.24, 2.45) is 5.73 Å². The molecule has 0 aliphatic carbocycles. The Kier molecular flexibility index (Phi) is 6.09. The van der Waals surface area contributed by atoms with E-state index in [4.69, 9.17) is 5.73 Å². The summed E-state index contributed by atoms with van der Waals surface area (Å²) in [6.07, 6.45) is -4.13. The number of halogens is 3. The number of nitrogens with two attached hydrogens (primary N) is 1. The number of nitrogens with one attached hydrogen (secondary N) is 2. The fraction of sp³-hybridized carbons (Fsp3) is 0.545. The molecule has 1 unspecified atom stereocenters. The fourth-order valence-corrected chi connectivity index (χ4v) is 2.37. The van der Waals surface area contributed by atoms with Crippen LogP contribution in [0.15, 0.2) is 5.38 Å². The van der Waals surface area contributed by atoms with Crippen LogP contribution in [0.3, 0.4) is 0 Å². The van der Waals surface area contributed by atoms with Crippen LogP contribution in [0, 0.1) is 0 Å². The van der Waals surface area contributed by atoms with E-state index < -0.39 is 29.7 Å². The minimum Gasteiger partial charge on any atom is -0.346 e. The Morgan fingerprint density at radius 1 is 1.43 bits per heavy atom. The average Bonchev–Trinajstić information content (AvgIpc) is 2.91. The Morgan fingerprint density at radius 3 is 2.57 bits per heavy atom. The standard InChI is InChI=1S/C11H15F3N4O2S/c1-2-6(17-9(20)4-16-8(19)3-15)10-18-7(5-21-10)11(12,13)14/h5-6H,2-4,15H2,1H3,(H,16,19)(H,17,20). The minimum absolute atomic E-state index is 0.170. The highest BCUT2D eigenvalue weighted by atomic mass is 32.1. The molecule has 2 amide bonds. The third kappa shape index (κ3) is 5.31. The lowest BCUT2D eigenvalue weighted by Crippen LogP contribution is -2.40. The van der Waals surface area contributed by atoms with Crippen molar-refractivity contribution in [3.05, 3.63) is 16.1 Å². The second-order valence-corrected chi connectivity index (χ2v) is 4.97. The maximum absolute atomic E-state index is 12.5. The summed E-state index contributed by atoms with van der Waals surface area (Å²) < 4.78 is 37.4. The zero-order valence-corrected chi connectivity index (χ0v) is 12.0. The smallest absolute Gasteiger partial charge is 0.346 e. The molecule has 1 atom stereocenters. The van der Waals surface area contributed by atoms with Crippen molar-refractivity contribution < 1.29 is 22.8 Å². The van der Waals surface area contributed by atoms with E-state index in [0.29, 0.717) is 6.42 Å². The summed E-state index contributed by atoms with van der Waals surface area (Å²) in [5.41, 5.74) is 4.08. The topological polar surface area (TPSA) is 97.1 Å². The van der Waals surface area contributed by atoms with Gasteiger partial charge in [0.2, 0.25) is 11.8 Å². The van der Waals surface area contributed by atoms with E-state index in [0.717, 1.165) is 16.7 Å². The first-order valence-corrected chi connectivity index (χ1v) is 6.94. The van der Waals surface area contributed by atoms with E-state index in [1.54, 1.807) is 6.92 Å². The summed E-state index contributed by atoms with van der Waals surface area (Å²) in [7, 11) is 0. The van der Waals surface area contributed by atoms with Gasteiger partial charge in [0, 0.05) is 5.38 Å². The largest absolute Gasteiger partial charge is 0.434 e. The van der Waals surface area contributed by atoms with Crippen molar-refractivity contribution in [3.8, 4) is 0 Å². The minimum atomic E-state index is -4.51. The van der Waals surface area contributed by atoms with Gasteiger partial charge >= 0.3 is 6.18 Å². The number of carbonyl (C=O) groups is 2. The molecule has 0 fully saturated rings. The highest BCUT2D eigenvalue weighted by Crippen LogP contribution is 2.32. The molecule has 6 nitrogen and oxygen atoms in total. The molecule has 0 aliphatic heterocycles. The molecule has 1 rings (SSSR count). The molecule has 1 heterocycles. The van der Waals surface area contributed by atoms with E-state index >= 15 is 0 Å². The van der Waals surface area contributed by atoms with Crippen LogP contribution in [0.5, 0.6) is 0 Å². The molecular formula is C11H15F3N4O2S. The van der Waals surface area contributed by atoms with Gasteiger partial charge in [0.1, 0.15) is 5.01 Å². The van der Waals surface area contributed by atoms with Crippen LogP contribution in [-0.4, -0.2) is 29.9 Å². The number of thiazole rings is 1. The van der Waals surface area contributed by atoms with Gasteiger partial charge in [0.25, 0.3) is 0 Å². The summed E-state index contributed by atoms with van der Waals surface area (Å²) >= 11 is 0.827. The summed E-state index contributed by atoms with van der Waals surface area (Å²) in [5.74, 6) is -1.01. The summed E-state index contributed by atoms with van der Waals surface area (Å²) in [6.45, 7) is 1.17. The lowest BCUT2D eigenvalue weighted by atomic mass is 10.2. The molecule has 21 heavy (non-hydrogen) atoms. The number of hydrogen-bond donors (Lipinski definition) is 3. The Labute approximate surface area is 122 Å². The third-order valence-corrected chi connectivity index (χ3v) is 3.44. The number of carbonyl (C=O) groups excluding carboxylic acids is 2. The number of amides is 2. The van der Waals surface area contributed by atoms with Crippen molar-refractivity contribution in [1.82, 2.24) is 15.6 Å². The van der Waals surface area contributed by atoms with Gasteiger partial charge < -0.3 is 16.4 Å². The molecule has 1 aromatic rings. The third-order valence-electron chi connectivity index (χ3n) is 2.49. The Bertz CT molecular complexity index is 504. The van der Waals surface area contributed by atoms with Crippen LogP contribution in [0.1, 0.15) is 30.1 Å². The van der Waals surface area contributed by atoms with E-state index in [1.807, 2.05) is 0 Å². The van der Waals surface area contributed by atoms with Crippen LogP contribution in [0.2, 0.25) is 0 Å². The highest BCUT2D eigenvalue weighted by Gasteiger charge is 2.34. The van der Waals surface area contributed by atoms with Crippen molar-refractivity contribution in [1.29, 1.82) is 0 Å². The second-order valence-electron chi connectivity index (χ2n) is 4.08. The van der Waals surface area contributed by atoms with Crippen LogP contribution in [-0.2, 0) is 15.8 Å². The molecule has 118 valence electrons. The predicted molar refractivity (Wildman–Crippen MR) is 70.4 cm³/mol. The first-order valence-electron chi connectivity index (χ1n) is 6.06. The summed E-state index contributed by atoms with van der Waals surface area (Å²) in [5, 5.41) is 5.86. The molecule has 0 radical (unpaired) electrons. The van der Waals surface area contributed by atoms with Crippen LogP contribution < -0.4 is 16.4 Å². The monoisotopic (exact) mass is 324 g/mol. The van der Waals surface area contributed by atoms with Crippen molar-refractivity contribution in [2.45, 2.75) is 25.6 Å². The molecule has 1 aromatic heterocycles. The number of aromatic nitrogens is 1. The Morgan fingerprint density at radius 2 is 2.10 bits per heavy atom. The maximum atomic E-state index is 12.5. The lowest BCUT2D eigenvalue weighted by Gasteiger charge is -2.14. The molecule has 10 heteroatoms. The second kappa shape index (κ2) is 7.36. The molecule has 4 N–H and O–H groups in total. The van der Waals surface area contributed by atoms with Gasteiger partial charge in [0.15, 0.2) is 5.69 Å². The van der Waals surface area contributed by atoms with Crippen molar-refractivity contribution >= 4 is 23.2 Å². The van der Waals surface area contributed by atoms with Crippen LogP contribution >= 0.6 is 11.3 Å². The average molecular weight is 324 g/mol. The van der Waals surface area contributed by atoms with Gasteiger partial charge in [-0.3, -0.25) is 9.59 Å². The summed E-state index contributed by atoms with van der Waals surface area (Å²) in [4.78, 5) is 26.0. The number of hydrogen-bond acceptors (Lipinski definition) is 5. The SMILES string of the molecule is CCC(NC(=O)CNC(=O)CN)c1nc(C(F)(F)F)cs1. The van der Waals surface area contributed by atoms with Gasteiger partial charge in [-0.05, 0) is 6.42 Å². The molecule has 0 spiro atoms. The van der Waals surface area contributed by atoms with Gasteiger partial charge in [-0.2, -0.15) is 13.2 Å². The predicted octanol–water partition coefficient (Wildman–Crippen LogP) is 0.804. The molecular weight excluding hydrogens is 309 g/mol. The van der Waals surface area contributed by atoms with E-state index in [1.165, 1.54) is 0 Å². The van der Waals surface area contributed by atoms with E-state index in [2.05, 4.69) is 15.6 Å². The zero-order valence-electron chi connectivity index (χ0n) is 11.2. The normalized spacial score (nSPS) is 12.8. The van der Waals surface area contributed by atoms with E-state index in [-0.39, 0.29) is 18.1 Å². The lowest BCUT2D eigenvalue weighted by molar-refractivity contribution is -0.140. The number of rotatable bonds is 6. The van der Waals surface area contributed by atoms with Crippen molar-refractivity contribution in [3.63, 3.8) is 0 Å². The van der Waals surface area contributed by atoms with Gasteiger partial charge in [-0.1, -0.05) is 6.92 Å². The van der Waals surface area contributed by atoms with Crippen LogP contribution in [0.4, 0.5) is 13.2 Å². The first-order chi connectivity index (χ1) is 9.77. The zero-order chi connectivity index (χ0) is 16.0. The number of nitrogens with zero attached hydrogens (tertiary/aromatic N) is 1. The van der Waals surface area contributed by atoms with E-state index in [9.17, 15) is 22.8 Å². The molecule has 0 saturated heterocycles. The van der Waals surface area contributed by atoms with Gasteiger partial charge in [0.05, 0.1) is 19.1 Å².